The molecule has 1 unspecified atom stereocenters. The molecule has 0 aliphatic rings. The monoisotopic (exact) mass is 192 g/mol. The van der Waals surface area contributed by atoms with Gasteiger partial charge in [0.25, 0.3) is 0 Å². The molecule has 0 aliphatic heterocycles. The van der Waals surface area contributed by atoms with Crippen molar-refractivity contribution < 1.29 is 0 Å². The average Bonchev–Trinajstić information content (AvgIpc) is 2.63. The van der Waals surface area contributed by atoms with E-state index in [4.69, 9.17) is 0 Å². The molecule has 0 amide bonds. The van der Waals surface area contributed by atoms with Crippen molar-refractivity contribution in [3.05, 3.63) is 23.8 Å². The van der Waals surface area contributed by atoms with E-state index in [1.54, 1.807) is 0 Å². The molecule has 0 N–H and O–H groups in total. The van der Waals surface area contributed by atoms with Gasteiger partial charge in [0.1, 0.15) is 11.0 Å². The van der Waals surface area contributed by atoms with E-state index in [0.717, 1.165) is 11.0 Å². The zero-order valence-corrected chi connectivity index (χ0v) is 8.64. The molecule has 1 aromatic carbocycles. The highest BCUT2D eigenvalue weighted by Gasteiger charge is 2.05. The van der Waals surface area contributed by atoms with Gasteiger partial charge in [-0.05, 0) is 30.0 Å². The fraction of sp³-hybridized carbons (Fsp3) is 0.400. The van der Waals surface area contributed by atoms with E-state index < -0.39 is 0 Å². The van der Waals surface area contributed by atoms with Gasteiger partial charge in [0.15, 0.2) is 0 Å². The van der Waals surface area contributed by atoms with Crippen LogP contribution in [-0.2, 0) is 0 Å². The summed E-state index contributed by atoms with van der Waals surface area (Å²) in [4.78, 5) is 0. The number of hydrogen-bond donors (Lipinski definition) is 0. The van der Waals surface area contributed by atoms with Crippen molar-refractivity contribution in [3.8, 4) is 0 Å². The molecule has 0 fully saturated rings. The summed E-state index contributed by atoms with van der Waals surface area (Å²) in [5.74, 6) is 0.617. The van der Waals surface area contributed by atoms with Crippen LogP contribution >= 0.6 is 11.7 Å². The van der Waals surface area contributed by atoms with Crippen LogP contribution in [0.5, 0.6) is 0 Å². The predicted molar refractivity (Wildman–Crippen MR) is 56.1 cm³/mol. The average molecular weight is 192 g/mol. The fourth-order valence-electron chi connectivity index (χ4n) is 1.34. The molecule has 3 heteroatoms. The van der Waals surface area contributed by atoms with Crippen molar-refractivity contribution >= 4 is 22.8 Å². The Morgan fingerprint density at radius 3 is 2.85 bits per heavy atom. The van der Waals surface area contributed by atoms with Crippen LogP contribution in [0.4, 0.5) is 0 Å². The summed E-state index contributed by atoms with van der Waals surface area (Å²) in [6.07, 6.45) is 1.17. The molecule has 1 heterocycles. The minimum absolute atomic E-state index is 0.617. The van der Waals surface area contributed by atoms with Gasteiger partial charge in [0.2, 0.25) is 0 Å². The maximum Gasteiger partial charge on any atom is 0.105 e. The lowest BCUT2D eigenvalue weighted by Crippen LogP contribution is -1.90. The largest absolute Gasteiger partial charge is 0.173 e. The van der Waals surface area contributed by atoms with Gasteiger partial charge in [-0.2, -0.15) is 8.75 Å². The Morgan fingerprint density at radius 1 is 1.31 bits per heavy atom. The Balaban J connectivity index is 2.48. The van der Waals surface area contributed by atoms with Crippen LogP contribution in [0.15, 0.2) is 18.2 Å². The summed E-state index contributed by atoms with van der Waals surface area (Å²) in [5, 5.41) is 0. The Hall–Kier alpha value is -0.960. The second-order valence-corrected chi connectivity index (χ2v) is 3.85. The van der Waals surface area contributed by atoms with E-state index in [-0.39, 0.29) is 0 Å². The van der Waals surface area contributed by atoms with E-state index in [1.807, 2.05) is 0 Å². The van der Waals surface area contributed by atoms with Gasteiger partial charge in [0.05, 0.1) is 11.7 Å². The van der Waals surface area contributed by atoms with Crippen molar-refractivity contribution in [2.75, 3.05) is 0 Å². The molecule has 13 heavy (non-hydrogen) atoms. The predicted octanol–water partition coefficient (Wildman–Crippen LogP) is 3.20. The Morgan fingerprint density at radius 2 is 2.08 bits per heavy atom. The molecule has 0 bridgehead atoms. The lowest BCUT2D eigenvalue weighted by molar-refractivity contribution is 0.734. The van der Waals surface area contributed by atoms with E-state index >= 15 is 0 Å². The number of fused-ring (bicyclic) bond motifs is 1. The Labute approximate surface area is 81.9 Å². The van der Waals surface area contributed by atoms with Crippen LogP contribution in [0.25, 0.3) is 11.0 Å². The van der Waals surface area contributed by atoms with E-state index in [2.05, 4.69) is 40.8 Å². The van der Waals surface area contributed by atoms with Gasteiger partial charge in [-0.25, -0.2) is 0 Å². The standard InChI is InChI=1S/C10H12N2S/c1-3-7(2)8-4-5-9-10(6-8)12-13-11-9/h4-7H,3H2,1-2H3. The zero-order valence-electron chi connectivity index (χ0n) is 7.82. The lowest BCUT2D eigenvalue weighted by atomic mass is 9.98. The molecule has 68 valence electrons. The first-order valence-corrected chi connectivity index (χ1v) is 5.26. The van der Waals surface area contributed by atoms with E-state index in [1.165, 1.54) is 23.7 Å². The topological polar surface area (TPSA) is 25.8 Å². The minimum Gasteiger partial charge on any atom is -0.173 e. The van der Waals surface area contributed by atoms with Crippen molar-refractivity contribution in [1.82, 2.24) is 8.75 Å². The van der Waals surface area contributed by atoms with Crippen LogP contribution in [0.3, 0.4) is 0 Å². The van der Waals surface area contributed by atoms with Crippen molar-refractivity contribution in [2.45, 2.75) is 26.2 Å². The smallest absolute Gasteiger partial charge is 0.105 e. The third kappa shape index (κ3) is 1.56. The molecule has 2 rings (SSSR count). The first-order valence-electron chi connectivity index (χ1n) is 4.53. The second-order valence-electron chi connectivity index (χ2n) is 3.32. The Kier molecular flexibility index (Phi) is 2.27. The molecule has 2 aromatic rings. The lowest BCUT2D eigenvalue weighted by Gasteiger charge is -2.07. The zero-order chi connectivity index (χ0) is 9.26. The SMILES string of the molecule is CCC(C)c1ccc2nsnc2c1. The molecular formula is C10H12N2S. The van der Waals surface area contributed by atoms with Crippen LogP contribution < -0.4 is 0 Å². The van der Waals surface area contributed by atoms with Crippen molar-refractivity contribution in [3.63, 3.8) is 0 Å². The van der Waals surface area contributed by atoms with E-state index in [0.29, 0.717) is 5.92 Å². The summed E-state index contributed by atoms with van der Waals surface area (Å²) < 4.78 is 8.40. The van der Waals surface area contributed by atoms with Gasteiger partial charge < -0.3 is 0 Å². The molecule has 2 nitrogen and oxygen atoms in total. The van der Waals surface area contributed by atoms with Crippen LogP contribution in [0, 0.1) is 0 Å². The van der Waals surface area contributed by atoms with Crippen molar-refractivity contribution in [2.24, 2.45) is 0 Å². The quantitative estimate of drug-likeness (QED) is 0.730. The molecule has 0 aliphatic carbocycles. The highest BCUT2D eigenvalue weighted by Crippen LogP contribution is 2.22. The fourth-order valence-corrected chi connectivity index (χ4v) is 1.86. The molecule has 0 radical (unpaired) electrons. The third-order valence-electron chi connectivity index (χ3n) is 2.46. The van der Waals surface area contributed by atoms with Gasteiger partial charge in [-0.3, -0.25) is 0 Å². The minimum atomic E-state index is 0.617. The van der Waals surface area contributed by atoms with Crippen molar-refractivity contribution in [1.29, 1.82) is 0 Å². The highest BCUT2D eigenvalue weighted by molar-refractivity contribution is 7.00. The van der Waals surface area contributed by atoms with Gasteiger partial charge in [0, 0.05) is 0 Å². The number of hydrogen-bond acceptors (Lipinski definition) is 3. The van der Waals surface area contributed by atoms with Gasteiger partial charge in [-0.15, -0.1) is 0 Å². The Bertz CT molecular complexity index is 408. The molecule has 1 aromatic heterocycles. The van der Waals surface area contributed by atoms with Crippen LogP contribution in [0.2, 0.25) is 0 Å². The second kappa shape index (κ2) is 3.42. The summed E-state index contributed by atoms with van der Waals surface area (Å²) in [7, 11) is 0. The molecule has 0 saturated heterocycles. The number of nitrogens with zero attached hydrogens (tertiary/aromatic N) is 2. The van der Waals surface area contributed by atoms with Gasteiger partial charge in [-0.1, -0.05) is 19.9 Å². The highest BCUT2D eigenvalue weighted by atomic mass is 32.1. The van der Waals surface area contributed by atoms with E-state index in [9.17, 15) is 0 Å². The molecular weight excluding hydrogens is 180 g/mol. The number of aromatic nitrogens is 2. The molecule has 1 atom stereocenters. The first-order chi connectivity index (χ1) is 6.31. The third-order valence-corrected chi connectivity index (χ3v) is 3.02. The van der Waals surface area contributed by atoms with Crippen LogP contribution in [-0.4, -0.2) is 8.75 Å². The molecule has 0 spiro atoms. The number of rotatable bonds is 2. The molecule has 0 saturated carbocycles. The summed E-state index contributed by atoms with van der Waals surface area (Å²) in [6.45, 7) is 4.44. The first kappa shape index (κ1) is 8.63. The van der Waals surface area contributed by atoms with Crippen LogP contribution in [0.1, 0.15) is 31.7 Å². The van der Waals surface area contributed by atoms with Gasteiger partial charge >= 0.3 is 0 Å². The maximum atomic E-state index is 4.23. The number of benzene rings is 1. The normalized spacial score (nSPS) is 13.4. The summed E-state index contributed by atoms with van der Waals surface area (Å²) >= 11 is 1.28. The summed E-state index contributed by atoms with van der Waals surface area (Å²) in [6, 6.07) is 6.35. The maximum absolute atomic E-state index is 4.23. The summed E-state index contributed by atoms with van der Waals surface area (Å²) in [5.41, 5.74) is 3.41.